The van der Waals surface area contributed by atoms with Crippen LogP contribution in [-0.2, 0) is 10.0 Å². The summed E-state index contributed by atoms with van der Waals surface area (Å²) in [7, 11) is -3.30. The van der Waals surface area contributed by atoms with Crippen LogP contribution in [0.1, 0.15) is 19.9 Å². The van der Waals surface area contributed by atoms with Crippen LogP contribution < -0.4 is 4.72 Å². The van der Waals surface area contributed by atoms with Gasteiger partial charge in [-0.1, -0.05) is 12.1 Å². The minimum Gasteiger partial charge on any atom is -0.344 e. The van der Waals surface area contributed by atoms with E-state index in [2.05, 4.69) is 59.0 Å². The van der Waals surface area contributed by atoms with E-state index in [9.17, 15) is 8.42 Å². The molecule has 1 N–H and O–H groups in total. The second-order valence-electron chi connectivity index (χ2n) is 6.82. The van der Waals surface area contributed by atoms with Gasteiger partial charge in [0.05, 0.1) is 17.5 Å². The number of sulfonamides is 1. The summed E-state index contributed by atoms with van der Waals surface area (Å²) >= 11 is 1.74. The van der Waals surface area contributed by atoms with Gasteiger partial charge in [0.25, 0.3) is 0 Å². The summed E-state index contributed by atoms with van der Waals surface area (Å²) in [6, 6.07) is 14.7. The van der Waals surface area contributed by atoms with Gasteiger partial charge < -0.3 is 4.57 Å². The Bertz CT molecular complexity index is 1220. The minimum atomic E-state index is -3.30. The molecule has 0 aliphatic carbocycles. The molecule has 0 unspecified atom stereocenters. The molecule has 4 aromatic rings. The van der Waals surface area contributed by atoms with Crippen molar-refractivity contribution < 1.29 is 8.42 Å². The fraction of sp³-hybridized carbons (Fsp3) is 0.200. The Balaban J connectivity index is 1.92. The highest BCUT2D eigenvalue weighted by atomic mass is 32.2. The van der Waals surface area contributed by atoms with E-state index in [1.54, 1.807) is 11.3 Å². The number of nitrogens with zero attached hydrogens (tertiary/aromatic N) is 1. The van der Waals surface area contributed by atoms with Crippen LogP contribution in [0.25, 0.3) is 32.1 Å². The molecule has 0 fully saturated rings. The second-order valence-corrected chi connectivity index (χ2v) is 9.52. The summed E-state index contributed by atoms with van der Waals surface area (Å²) in [4.78, 5) is 0. The topological polar surface area (TPSA) is 51.1 Å². The third kappa shape index (κ3) is 3.10. The number of nitrogens with one attached hydrogen (secondary N) is 1. The van der Waals surface area contributed by atoms with Crippen LogP contribution in [0.2, 0.25) is 0 Å². The van der Waals surface area contributed by atoms with Crippen molar-refractivity contribution in [2.75, 3.05) is 11.0 Å². The van der Waals surface area contributed by atoms with E-state index < -0.39 is 10.0 Å². The number of benzene rings is 2. The van der Waals surface area contributed by atoms with Crippen LogP contribution in [-0.4, -0.2) is 19.2 Å². The van der Waals surface area contributed by atoms with E-state index in [0.717, 1.165) is 16.5 Å². The van der Waals surface area contributed by atoms with E-state index in [0.29, 0.717) is 5.69 Å². The third-order valence-electron chi connectivity index (χ3n) is 4.46. The highest BCUT2D eigenvalue weighted by molar-refractivity contribution is 7.92. The molecule has 2 heterocycles. The van der Waals surface area contributed by atoms with Crippen molar-refractivity contribution >= 4 is 48.0 Å². The summed E-state index contributed by atoms with van der Waals surface area (Å²) in [5, 5.41) is 4.47. The number of hydrogen-bond donors (Lipinski definition) is 1. The number of fused-ring (bicyclic) bond motifs is 2. The second kappa shape index (κ2) is 6.14. The van der Waals surface area contributed by atoms with Gasteiger partial charge in [0.1, 0.15) is 0 Å². The molecule has 0 bridgehead atoms. The Kier molecular flexibility index (Phi) is 4.04. The standard InChI is InChI=1S/C20H20N2O2S2/c1-13(2)22-12-18(14-4-7-20-15(10-14)8-9-25-20)17-6-5-16(11-19(17)22)21-26(3,23)24/h4-13,21H,1-3H3. The Labute approximate surface area is 157 Å². The Hall–Kier alpha value is -2.31. The molecule has 134 valence electrons. The fourth-order valence-electron chi connectivity index (χ4n) is 3.32. The maximum absolute atomic E-state index is 11.6. The summed E-state index contributed by atoms with van der Waals surface area (Å²) in [6.07, 6.45) is 3.33. The van der Waals surface area contributed by atoms with Crippen molar-refractivity contribution in [3.8, 4) is 11.1 Å². The maximum atomic E-state index is 11.6. The summed E-state index contributed by atoms with van der Waals surface area (Å²) in [5.41, 5.74) is 3.94. The number of thiophene rings is 1. The Morgan fingerprint density at radius 1 is 1.08 bits per heavy atom. The molecule has 6 heteroatoms. The lowest BCUT2D eigenvalue weighted by molar-refractivity contribution is 0.607. The van der Waals surface area contributed by atoms with Gasteiger partial charge in [-0.2, -0.15) is 0 Å². The monoisotopic (exact) mass is 384 g/mol. The van der Waals surface area contributed by atoms with E-state index >= 15 is 0 Å². The molecule has 0 radical (unpaired) electrons. The van der Waals surface area contributed by atoms with Crippen molar-refractivity contribution in [1.82, 2.24) is 4.57 Å². The van der Waals surface area contributed by atoms with Crippen LogP contribution >= 0.6 is 11.3 Å². The molecule has 0 amide bonds. The van der Waals surface area contributed by atoms with Crippen LogP contribution in [0.5, 0.6) is 0 Å². The lowest BCUT2D eigenvalue weighted by Crippen LogP contribution is -2.09. The van der Waals surface area contributed by atoms with Crippen molar-refractivity contribution in [2.24, 2.45) is 0 Å². The van der Waals surface area contributed by atoms with Crippen molar-refractivity contribution in [3.05, 3.63) is 54.0 Å². The van der Waals surface area contributed by atoms with Gasteiger partial charge >= 0.3 is 0 Å². The molecule has 26 heavy (non-hydrogen) atoms. The predicted molar refractivity (Wildman–Crippen MR) is 112 cm³/mol. The van der Waals surface area contributed by atoms with E-state index in [4.69, 9.17) is 0 Å². The number of aromatic nitrogens is 1. The first-order valence-electron chi connectivity index (χ1n) is 8.42. The normalized spacial score (nSPS) is 12.3. The van der Waals surface area contributed by atoms with Gasteiger partial charge in [-0.25, -0.2) is 8.42 Å². The molecule has 0 saturated carbocycles. The van der Waals surface area contributed by atoms with E-state index in [1.165, 1.54) is 21.9 Å². The summed E-state index contributed by atoms with van der Waals surface area (Å²) in [6.45, 7) is 4.25. The van der Waals surface area contributed by atoms with E-state index in [-0.39, 0.29) is 6.04 Å². The van der Waals surface area contributed by atoms with Crippen molar-refractivity contribution in [3.63, 3.8) is 0 Å². The highest BCUT2D eigenvalue weighted by Gasteiger charge is 2.14. The highest BCUT2D eigenvalue weighted by Crippen LogP contribution is 2.36. The van der Waals surface area contributed by atoms with Crippen LogP contribution in [0.3, 0.4) is 0 Å². The van der Waals surface area contributed by atoms with Gasteiger partial charge in [-0.05, 0) is 60.5 Å². The predicted octanol–water partition coefficient (Wildman–Crippen LogP) is 5.48. The lowest BCUT2D eigenvalue weighted by Gasteiger charge is -2.10. The SMILES string of the molecule is CC(C)n1cc(-c2ccc3sccc3c2)c2ccc(NS(C)(=O)=O)cc21. The smallest absolute Gasteiger partial charge is 0.229 e. The molecule has 0 aliphatic heterocycles. The molecule has 2 aromatic heterocycles. The largest absolute Gasteiger partial charge is 0.344 e. The zero-order valence-electron chi connectivity index (χ0n) is 14.9. The molecule has 0 spiro atoms. The Morgan fingerprint density at radius 3 is 2.62 bits per heavy atom. The summed E-state index contributed by atoms with van der Waals surface area (Å²) in [5.74, 6) is 0. The number of anilines is 1. The quantitative estimate of drug-likeness (QED) is 0.507. The fourth-order valence-corrected chi connectivity index (χ4v) is 4.65. The first-order chi connectivity index (χ1) is 12.3. The zero-order chi connectivity index (χ0) is 18.5. The van der Waals surface area contributed by atoms with Crippen LogP contribution in [0.4, 0.5) is 5.69 Å². The maximum Gasteiger partial charge on any atom is 0.229 e. The molecule has 4 rings (SSSR count). The first kappa shape index (κ1) is 17.1. The van der Waals surface area contributed by atoms with Crippen molar-refractivity contribution in [1.29, 1.82) is 0 Å². The van der Waals surface area contributed by atoms with Crippen molar-refractivity contribution in [2.45, 2.75) is 19.9 Å². The average Bonchev–Trinajstić information content (AvgIpc) is 3.16. The van der Waals surface area contributed by atoms with Gasteiger partial charge in [0, 0.05) is 27.9 Å². The molecule has 2 aromatic carbocycles. The van der Waals surface area contributed by atoms with Gasteiger partial charge in [-0.15, -0.1) is 11.3 Å². The summed E-state index contributed by atoms with van der Waals surface area (Å²) < 4.78 is 29.2. The van der Waals surface area contributed by atoms with Crippen LogP contribution in [0, 0.1) is 0 Å². The molecule has 4 nitrogen and oxygen atoms in total. The minimum absolute atomic E-state index is 0.268. The lowest BCUT2D eigenvalue weighted by atomic mass is 10.0. The Morgan fingerprint density at radius 2 is 1.88 bits per heavy atom. The zero-order valence-corrected chi connectivity index (χ0v) is 16.5. The van der Waals surface area contributed by atoms with Crippen LogP contribution in [0.15, 0.2) is 54.0 Å². The van der Waals surface area contributed by atoms with Gasteiger partial charge in [0.15, 0.2) is 0 Å². The molecule has 0 saturated heterocycles. The van der Waals surface area contributed by atoms with Gasteiger partial charge in [-0.3, -0.25) is 4.72 Å². The number of rotatable bonds is 4. The molecule has 0 aliphatic rings. The average molecular weight is 385 g/mol. The van der Waals surface area contributed by atoms with Gasteiger partial charge in [0.2, 0.25) is 10.0 Å². The molecular weight excluding hydrogens is 364 g/mol. The molecular formula is C20H20N2O2S2. The third-order valence-corrected chi connectivity index (χ3v) is 5.96. The number of hydrogen-bond acceptors (Lipinski definition) is 3. The molecule has 0 atom stereocenters. The first-order valence-corrected chi connectivity index (χ1v) is 11.2. The van der Waals surface area contributed by atoms with E-state index in [1.807, 2.05) is 18.2 Å².